The second kappa shape index (κ2) is 7.27. The Morgan fingerprint density at radius 2 is 1.80 bits per heavy atom. The van der Waals surface area contributed by atoms with E-state index in [9.17, 15) is 9.18 Å². The standard InChI is InChI=1S/C16H22FNO2/c1-2-15(20-14-9-7-13(17)8-10-14)16(19)18-11-5-3-4-6-12-18/h7-10,15H,2-6,11-12H2,1H3/t15-/m1/s1. The van der Waals surface area contributed by atoms with Crippen molar-refractivity contribution < 1.29 is 13.9 Å². The molecule has 1 fully saturated rings. The Labute approximate surface area is 119 Å². The number of nitrogens with zero attached hydrogens (tertiary/aromatic N) is 1. The summed E-state index contributed by atoms with van der Waals surface area (Å²) in [5.41, 5.74) is 0. The van der Waals surface area contributed by atoms with E-state index < -0.39 is 6.10 Å². The third kappa shape index (κ3) is 3.95. The molecule has 1 aliphatic heterocycles. The minimum atomic E-state index is -0.474. The fourth-order valence-electron chi connectivity index (χ4n) is 2.48. The van der Waals surface area contributed by atoms with Gasteiger partial charge >= 0.3 is 0 Å². The first-order valence-electron chi connectivity index (χ1n) is 7.41. The van der Waals surface area contributed by atoms with Crippen molar-refractivity contribution >= 4 is 5.91 Å². The van der Waals surface area contributed by atoms with Gasteiger partial charge < -0.3 is 9.64 Å². The molecule has 4 heteroatoms. The van der Waals surface area contributed by atoms with Crippen LogP contribution in [0.1, 0.15) is 39.0 Å². The van der Waals surface area contributed by atoms with Crippen molar-refractivity contribution in [3.63, 3.8) is 0 Å². The lowest BCUT2D eigenvalue weighted by molar-refractivity contribution is -0.138. The molecule has 0 saturated carbocycles. The molecule has 1 heterocycles. The molecule has 20 heavy (non-hydrogen) atoms. The minimum Gasteiger partial charge on any atom is -0.481 e. The summed E-state index contributed by atoms with van der Waals surface area (Å²) < 4.78 is 18.6. The number of halogens is 1. The summed E-state index contributed by atoms with van der Waals surface area (Å²) in [6, 6.07) is 5.82. The summed E-state index contributed by atoms with van der Waals surface area (Å²) in [6.07, 6.45) is 4.67. The van der Waals surface area contributed by atoms with Gasteiger partial charge in [0.25, 0.3) is 5.91 Å². The summed E-state index contributed by atoms with van der Waals surface area (Å²) in [5, 5.41) is 0. The van der Waals surface area contributed by atoms with Crippen LogP contribution in [0.3, 0.4) is 0 Å². The van der Waals surface area contributed by atoms with Crippen LogP contribution in [-0.4, -0.2) is 30.0 Å². The lowest BCUT2D eigenvalue weighted by Gasteiger charge is -2.26. The van der Waals surface area contributed by atoms with Gasteiger partial charge in [-0.1, -0.05) is 19.8 Å². The van der Waals surface area contributed by atoms with E-state index in [2.05, 4.69) is 0 Å². The number of rotatable bonds is 4. The van der Waals surface area contributed by atoms with Crippen molar-refractivity contribution in [3.8, 4) is 5.75 Å². The molecule has 0 bridgehead atoms. The molecule has 1 aromatic rings. The molecule has 1 atom stereocenters. The van der Waals surface area contributed by atoms with Gasteiger partial charge in [0.05, 0.1) is 0 Å². The lowest BCUT2D eigenvalue weighted by atomic mass is 10.2. The highest BCUT2D eigenvalue weighted by Crippen LogP contribution is 2.17. The Kier molecular flexibility index (Phi) is 5.39. The van der Waals surface area contributed by atoms with Crippen LogP contribution in [0.25, 0.3) is 0 Å². The molecule has 0 unspecified atom stereocenters. The molecular weight excluding hydrogens is 257 g/mol. The fourth-order valence-corrected chi connectivity index (χ4v) is 2.48. The van der Waals surface area contributed by atoms with Gasteiger partial charge in [0.2, 0.25) is 0 Å². The first kappa shape index (κ1) is 14.8. The molecule has 0 aromatic heterocycles. The van der Waals surface area contributed by atoms with Crippen LogP contribution in [0.4, 0.5) is 4.39 Å². The molecule has 0 radical (unpaired) electrons. The van der Waals surface area contributed by atoms with E-state index in [-0.39, 0.29) is 11.7 Å². The molecule has 1 aliphatic rings. The summed E-state index contributed by atoms with van der Waals surface area (Å²) in [4.78, 5) is 14.4. The highest BCUT2D eigenvalue weighted by Gasteiger charge is 2.25. The number of carbonyl (C=O) groups is 1. The number of benzene rings is 1. The number of likely N-dealkylation sites (tertiary alicyclic amines) is 1. The third-order valence-corrected chi connectivity index (χ3v) is 3.66. The van der Waals surface area contributed by atoms with Crippen LogP contribution < -0.4 is 4.74 Å². The van der Waals surface area contributed by atoms with Gasteiger partial charge in [0.15, 0.2) is 6.10 Å². The largest absolute Gasteiger partial charge is 0.481 e. The van der Waals surface area contributed by atoms with E-state index in [1.807, 2.05) is 11.8 Å². The van der Waals surface area contributed by atoms with Crippen molar-refractivity contribution in [2.75, 3.05) is 13.1 Å². The molecule has 2 rings (SSSR count). The second-order valence-corrected chi connectivity index (χ2v) is 5.21. The number of hydrogen-bond donors (Lipinski definition) is 0. The number of amides is 1. The maximum absolute atomic E-state index is 12.9. The van der Waals surface area contributed by atoms with Crippen LogP contribution >= 0.6 is 0 Å². The summed E-state index contributed by atoms with van der Waals surface area (Å²) >= 11 is 0. The normalized spacial score (nSPS) is 17.4. The maximum atomic E-state index is 12.9. The topological polar surface area (TPSA) is 29.5 Å². The first-order chi connectivity index (χ1) is 9.70. The number of ether oxygens (including phenoxy) is 1. The van der Waals surface area contributed by atoms with E-state index in [1.165, 1.54) is 25.0 Å². The van der Waals surface area contributed by atoms with Crippen LogP contribution in [0.15, 0.2) is 24.3 Å². The average Bonchev–Trinajstić information content (AvgIpc) is 2.75. The van der Waals surface area contributed by atoms with Crippen LogP contribution in [0.2, 0.25) is 0 Å². The van der Waals surface area contributed by atoms with Gasteiger partial charge in [-0.15, -0.1) is 0 Å². The van der Waals surface area contributed by atoms with Crippen molar-refractivity contribution in [1.82, 2.24) is 4.90 Å². The van der Waals surface area contributed by atoms with Crippen molar-refractivity contribution in [2.24, 2.45) is 0 Å². The molecule has 1 amide bonds. The molecule has 110 valence electrons. The zero-order valence-electron chi connectivity index (χ0n) is 12.0. The zero-order chi connectivity index (χ0) is 14.4. The van der Waals surface area contributed by atoms with Gasteiger partial charge in [-0.05, 0) is 43.5 Å². The van der Waals surface area contributed by atoms with E-state index in [4.69, 9.17) is 4.74 Å². The van der Waals surface area contributed by atoms with Gasteiger partial charge in [-0.3, -0.25) is 4.79 Å². The predicted molar refractivity (Wildman–Crippen MR) is 76.2 cm³/mol. The van der Waals surface area contributed by atoms with Crippen molar-refractivity contribution in [2.45, 2.75) is 45.1 Å². The van der Waals surface area contributed by atoms with Crippen molar-refractivity contribution in [1.29, 1.82) is 0 Å². The Bertz CT molecular complexity index is 425. The molecule has 3 nitrogen and oxygen atoms in total. The van der Waals surface area contributed by atoms with E-state index in [1.54, 1.807) is 12.1 Å². The van der Waals surface area contributed by atoms with E-state index >= 15 is 0 Å². The smallest absolute Gasteiger partial charge is 0.263 e. The minimum absolute atomic E-state index is 0.0544. The fraction of sp³-hybridized carbons (Fsp3) is 0.562. The van der Waals surface area contributed by atoms with Crippen LogP contribution in [0, 0.1) is 5.82 Å². The molecule has 0 aliphatic carbocycles. The summed E-state index contributed by atoms with van der Waals surface area (Å²) in [7, 11) is 0. The Hall–Kier alpha value is -1.58. The van der Waals surface area contributed by atoms with Crippen LogP contribution in [0.5, 0.6) is 5.75 Å². The quantitative estimate of drug-likeness (QED) is 0.845. The Balaban J connectivity index is 1.99. The predicted octanol–water partition coefficient (Wildman–Crippen LogP) is 3.39. The van der Waals surface area contributed by atoms with Gasteiger partial charge in [-0.25, -0.2) is 4.39 Å². The lowest BCUT2D eigenvalue weighted by Crippen LogP contribution is -2.42. The number of carbonyl (C=O) groups excluding carboxylic acids is 1. The highest BCUT2D eigenvalue weighted by molar-refractivity contribution is 5.81. The highest BCUT2D eigenvalue weighted by atomic mass is 19.1. The third-order valence-electron chi connectivity index (χ3n) is 3.66. The Morgan fingerprint density at radius 1 is 1.20 bits per heavy atom. The summed E-state index contributed by atoms with van der Waals surface area (Å²) in [5.74, 6) is 0.296. The van der Waals surface area contributed by atoms with Gasteiger partial charge in [-0.2, -0.15) is 0 Å². The first-order valence-corrected chi connectivity index (χ1v) is 7.41. The summed E-state index contributed by atoms with van der Waals surface area (Å²) in [6.45, 7) is 3.58. The van der Waals surface area contributed by atoms with Crippen molar-refractivity contribution in [3.05, 3.63) is 30.1 Å². The SMILES string of the molecule is CC[C@@H](Oc1ccc(F)cc1)C(=O)N1CCCCCC1. The van der Waals surface area contributed by atoms with Gasteiger partial charge in [0, 0.05) is 13.1 Å². The van der Waals surface area contributed by atoms with Crippen LogP contribution in [-0.2, 0) is 4.79 Å². The van der Waals surface area contributed by atoms with E-state index in [0.717, 1.165) is 25.9 Å². The Morgan fingerprint density at radius 3 is 2.35 bits per heavy atom. The molecule has 0 spiro atoms. The molecule has 1 aromatic carbocycles. The zero-order valence-corrected chi connectivity index (χ0v) is 12.0. The second-order valence-electron chi connectivity index (χ2n) is 5.21. The monoisotopic (exact) mass is 279 g/mol. The molecule has 1 saturated heterocycles. The van der Waals surface area contributed by atoms with E-state index in [0.29, 0.717) is 12.2 Å². The van der Waals surface area contributed by atoms with Gasteiger partial charge in [0.1, 0.15) is 11.6 Å². The number of hydrogen-bond acceptors (Lipinski definition) is 2. The molecular formula is C16H22FNO2. The average molecular weight is 279 g/mol. The maximum Gasteiger partial charge on any atom is 0.263 e. The molecule has 0 N–H and O–H groups in total.